The summed E-state index contributed by atoms with van der Waals surface area (Å²) in [7, 11) is -3.92. The highest BCUT2D eigenvalue weighted by Gasteiger charge is 2.57. The molecule has 0 saturated heterocycles. The summed E-state index contributed by atoms with van der Waals surface area (Å²) in [5, 5.41) is 15.0. The zero-order valence-electron chi connectivity index (χ0n) is 14.6. The van der Waals surface area contributed by atoms with Gasteiger partial charge in [0.05, 0.1) is 6.10 Å². The minimum Gasteiger partial charge on any atom is -0.508 e. The number of aryl methyl sites for hydroxylation is 1. The average Bonchev–Trinajstić information content (AvgIpc) is 2.91. The molecule has 0 aromatic heterocycles. The van der Waals surface area contributed by atoms with Gasteiger partial charge in [0.2, 0.25) is 0 Å². The first-order chi connectivity index (χ1) is 11.8. The molecular weight excluding hydrogens is 338 g/mol. The van der Waals surface area contributed by atoms with Crippen LogP contribution >= 0.6 is 0 Å². The molecule has 5 nitrogen and oxygen atoms in total. The molecule has 4 rings (SSSR count). The maximum Gasteiger partial charge on any atom is 0.333 e. The fourth-order valence-electron chi connectivity index (χ4n) is 6.30. The molecule has 3 aliphatic rings. The second-order valence-electron chi connectivity index (χ2n) is 8.08. The maximum absolute atomic E-state index is 11.5. The predicted octanol–water partition coefficient (Wildman–Crippen LogP) is 3.23. The van der Waals surface area contributed by atoms with Crippen molar-refractivity contribution in [3.05, 3.63) is 29.3 Å². The van der Waals surface area contributed by atoms with E-state index in [1.807, 2.05) is 6.07 Å². The standard InChI is InChI=1S/C19H27NO4S/c1-2-19-10-9-15-14-6-4-13(21)11-12(14)3-5-16(15)17(19)7-8-18(19)24-25(20,22)23/h4,6,11,15-18,21H,2-3,5,7-10H2,1H3,(H2,20,22,23)/t15-,16-,17+,18+,19+/m1/s1. The zero-order chi connectivity index (χ0) is 17.8. The van der Waals surface area contributed by atoms with E-state index in [1.54, 1.807) is 6.07 Å². The van der Waals surface area contributed by atoms with Gasteiger partial charge >= 0.3 is 10.3 Å². The van der Waals surface area contributed by atoms with E-state index in [1.165, 1.54) is 11.1 Å². The first kappa shape index (κ1) is 17.3. The van der Waals surface area contributed by atoms with Crippen molar-refractivity contribution in [2.45, 2.75) is 63.9 Å². The SMILES string of the molecule is CC[C@]12CC[C@@H]3c4ccc(O)cc4CC[C@H]3[C@@H]1CC[C@@H]2OS(N)(=O)=O. The van der Waals surface area contributed by atoms with Crippen molar-refractivity contribution in [3.8, 4) is 5.75 Å². The summed E-state index contributed by atoms with van der Waals surface area (Å²) in [6, 6.07) is 5.80. The Hall–Kier alpha value is -1.11. The van der Waals surface area contributed by atoms with E-state index < -0.39 is 10.3 Å². The van der Waals surface area contributed by atoms with Gasteiger partial charge in [-0.15, -0.1) is 0 Å². The third kappa shape index (κ3) is 2.78. The number of fused-ring (bicyclic) bond motifs is 5. The van der Waals surface area contributed by atoms with Crippen LogP contribution in [-0.2, 0) is 20.9 Å². The third-order valence-electron chi connectivity index (χ3n) is 7.26. The van der Waals surface area contributed by atoms with Crippen LogP contribution in [0.25, 0.3) is 0 Å². The Labute approximate surface area is 149 Å². The molecule has 0 aliphatic heterocycles. The number of hydrogen-bond donors (Lipinski definition) is 2. The van der Waals surface area contributed by atoms with Crippen molar-refractivity contribution >= 4 is 10.3 Å². The van der Waals surface area contributed by atoms with E-state index in [0.29, 0.717) is 23.5 Å². The molecule has 0 spiro atoms. The van der Waals surface area contributed by atoms with Gasteiger partial charge in [-0.1, -0.05) is 13.0 Å². The normalized spacial score (nSPS) is 37.2. The Balaban J connectivity index is 1.66. The quantitative estimate of drug-likeness (QED) is 0.860. The van der Waals surface area contributed by atoms with Gasteiger partial charge in [0.15, 0.2) is 0 Å². The smallest absolute Gasteiger partial charge is 0.333 e. The minimum atomic E-state index is -3.92. The molecule has 6 heteroatoms. The molecular formula is C19H27NO4S. The van der Waals surface area contributed by atoms with Crippen molar-refractivity contribution in [2.75, 3.05) is 0 Å². The summed E-state index contributed by atoms with van der Waals surface area (Å²) in [5.74, 6) is 1.92. The van der Waals surface area contributed by atoms with Gasteiger partial charge in [-0.2, -0.15) is 8.42 Å². The number of aromatic hydroxyl groups is 1. The first-order valence-corrected chi connectivity index (χ1v) is 10.8. The number of hydrogen-bond acceptors (Lipinski definition) is 4. The molecule has 0 amide bonds. The van der Waals surface area contributed by atoms with Crippen molar-refractivity contribution in [1.82, 2.24) is 0 Å². The van der Waals surface area contributed by atoms with Crippen LogP contribution in [0.4, 0.5) is 0 Å². The summed E-state index contributed by atoms with van der Waals surface area (Å²) in [6.45, 7) is 2.16. The van der Waals surface area contributed by atoms with Crippen molar-refractivity contribution < 1.29 is 17.7 Å². The lowest BCUT2D eigenvalue weighted by Gasteiger charge is -2.51. The van der Waals surface area contributed by atoms with Crippen LogP contribution in [0.3, 0.4) is 0 Å². The number of rotatable bonds is 3. The van der Waals surface area contributed by atoms with Gasteiger partial charge in [-0.05, 0) is 86.0 Å². The van der Waals surface area contributed by atoms with Crippen LogP contribution in [0, 0.1) is 17.3 Å². The fourth-order valence-corrected chi connectivity index (χ4v) is 6.92. The molecule has 2 fully saturated rings. The molecule has 5 atom stereocenters. The Morgan fingerprint density at radius 3 is 2.80 bits per heavy atom. The first-order valence-electron chi connectivity index (χ1n) is 9.37. The van der Waals surface area contributed by atoms with Crippen LogP contribution in [-0.4, -0.2) is 19.6 Å². The molecule has 0 unspecified atom stereocenters. The Kier molecular flexibility index (Phi) is 4.13. The molecule has 0 heterocycles. The lowest BCUT2D eigenvalue weighted by atomic mass is 9.54. The van der Waals surface area contributed by atoms with Crippen LogP contribution in [0.15, 0.2) is 18.2 Å². The topological polar surface area (TPSA) is 89.6 Å². The summed E-state index contributed by atoms with van der Waals surface area (Å²) >= 11 is 0. The minimum absolute atomic E-state index is 0.0674. The molecule has 0 radical (unpaired) electrons. The number of benzene rings is 1. The summed E-state index contributed by atoms with van der Waals surface area (Å²) in [4.78, 5) is 0. The van der Waals surface area contributed by atoms with E-state index in [4.69, 9.17) is 9.32 Å². The zero-order valence-corrected chi connectivity index (χ0v) is 15.5. The summed E-state index contributed by atoms with van der Waals surface area (Å²) in [6.07, 6.45) is 6.58. The lowest BCUT2D eigenvalue weighted by Crippen LogP contribution is -2.47. The Morgan fingerprint density at radius 2 is 2.08 bits per heavy atom. The summed E-state index contributed by atoms with van der Waals surface area (Å²) < 4.78 is 28.4. The maximum atomic E-state index is 11.5. The van der Waals surface area contributed by atoms with Gasteiger partial charge in [-0.3, -0.25) is 4.18 Å². The van der Waals surface area contributed by atoms with E-state index in [2.05, 4.69) is 13.0 Å². The summed E-state index contributed by atoms with van der Waals surface area (Å²) in [5.41, 5.74) is 2.59. The molecule has 25 heavy (non-hydrogen) atoms. The average molecular weight is 365 g/mol. The Bertz CT molecular complexity index is 778. The molecule has 2 saturated carbocycles. The van der Waals surface area contributed by atoms with E-state index in [0.717, 1.165) is 44.9 Å². The molecule has 3 N–H and O–H groups in total. The van der Waals surface area contributed by atoms with Gasteiger partial charge in [-0.25, -0.2) is 5.14 Å². The molecule has 138 valence electrons. The van der Waals surface area contributed by atoms with Crippen LogP contribution in [0.2, 0.25) is 0 Å². The van der Waals surface area contributed by atoms with Crippen molar-refractivity contribution in [3.63, 3.8) is 0 Å². The lowest BCUT2D eigenvalue weighted by molar-refractivity contribution is -0.0256. The highest BCUT2D eigenvalue weighted by atomic mass is 32.2. The second-order valence-corrected chi connectivity index (χ2v) is 9.26. The van der Waals surface area contributed by atoms with E-state index in [9.17, 15) is 13.5 Å². The molecule has 3 aliphatic carbocycles. The molecule has 1 aromatic rings. The van der Waals surface area contributed by atoms with Crippen LogP contribution < -0.4 is 5.14 Å². The van der Waals surface area contributed by atoms with Crippen LogP contribution in [0.1, 0.15) is 62.5 Å². The predicted molar refractivity (Wildman–Crippen MR) is 95.3 cm³/mol. The van der Waals surface area contributed by atoms with Gasteiger partial charge in [0, 0.05) is 5.41 Å². The van der Waals surface area contributed by atoms with Crippen molar-refractivity contribution in [2.24, 2.45) is 22.4 Å². The van der Waals surface area contributed by atoms with Crippen molar-refractivity contribution in [1.29, 1.82) is 0 Å². The highest BCUT2D eigenvalue weighted by Crippen LogP contribution is 2.63. The second kappa shape index (κ2) is 5.96. The highest BCUT2D eigenvalue weighted by molar-refractivity contribution is 7.84. The van der Waals surface area contributed by atoms with Crippen LogP contribution in [0.5, 0.6) is 5.75 Å². The van der Waals surface area contributed by atoms with Gasteiger partial charge in [0.1, 0.15) is 5.75 Å². The number of phenolic OH excluding ortho intramolecular Hbond substituents is 1. The Morgan fingerprint density at radius 1 is 1.28 bits per heavy atom. The third-order valence-corrected chi connectivity index (χ3v) is 7.76. The fraction of sp³-hybridized carbons (Fsp3) is 0.684. The van der Waals surface area contributed by atoms with Gasteiger partial charge in [0.25, 0.3) is 0 Å². The molecule has 1 aromatic carbocycles. The number of phenols is 1. The van der Waals surface area contributed by atoms with E-state index >= 15 is 0 Å². The van der Waals surface area contributed by atoms with Gasteiger partial charge < -0.3 is 5.11 Å². The van der Waals surface area contributed by atoms with E-state index in [-0.39, 0.29) is 11.5 Å². The number of nitrogens with two attached hydrogens (primary N) is 1. The largest absolute Gasteiger partial charge is 0.508 e. The molecule has 0 bridgehead atoms. The monoisotopic (exact) mass is 365 g/mol.